The highest BCUT2D eigenvalue weighted by atomic mass is 16.5. The highest BCUT2D eigenvalue weighted by molar-refractivity contribution is 5.96. The fourth-order valence-corrected chi connectivity index (χ4v) is 3.96. The van der Waals surface area contributed by atoms with Gasteiger partial charge in [0.15, 0.2) is 11.5 Å². The Balaban J connectivity index is 1.77. The van der Waals surface area contributed by atoms with Gasteiger partial charge < -0.3 is 28.3 Å². The number of ether oxygens (including phenoxy) is 5. The van der Waals surface area contributed by atoms with Gasteiger partial charge in [0.25, 0.3) is 0 Å². The van der Waals surface area contributed by atoms with Crippen LogP contribution in [0.5, 0.6) is 23.0 Å². The van der Waals surface area contributed by atoms with Crippen LogP contribution in [0.4, 0.5) is 0 Å². The van der Waals surface area contributed by atoms with Crippen molar-refractivity contribution in [2.24, 2.45) is 0 Å². The van der Waals surface area contributed by atoms with Crippen LogP contribution in [-0.4, -0.2) is 31.9 Å². The number of aromatic nitrogens is 1. The topological polar surface area (TPSA) is 85.2 Å². The molecule has 8 nitrogen and oxygen atoms in total. The summed E-state index contributed by atoms with van der Waals surface area (Å²) in [4.78, 5) is 25.5. The van der Waals surface area contributed by atoms with E-state index in [4.69, 9.17) is 23.7 Å². The number of esters is 1. The van der Waals surface area contributed by atoms with Crippen LogP contribution in [0.25, 0.3) is 10.9 Å². The van der Waals surface area contributed by atoms with Crippen LogP contribution in [-0.2, 0) is 24.5 Å². The molecule has 0 N–H and O–H groups in total. The minimum absolute atomic E-state index is 0.0372. The number of hydrogen-bond donors (Lipinski definition) is 0. The molecule has 0 aliphatic rings. The van der Waals surface area contributed by atoms with E-state index < -0.39 is 11.4 Å². The van der Waals surface area contributed by atoms with Crippen molar-refractivity contribution in [3.05, 3.63) is 93.8 Å². The van der Waals surface area contributed by atoms with Crippen LogP contribution in [0.3, 0.4) is 0 Å². The number of nitrogens with zero attached hydrogens (tertiary/aromatic N) is 1. The van der Waals surface area contributed by atoms with Crippen molar-refractivity contribution in [1.29, 1.82) is 0 Å². The minimum atomic E-state index is -0.686. The number of benzene rings is 3. The second kappa shape index (κ2) is 11.5. The van der Waals surface area contributed by atoms with Crippen LogP contribution in [0.1, 0.15) is 28.4 Å². The van der Waals surface area contributed by atoms with E-state index in [1.54, 1.807) is 30.9 Å². The molecule has 0 saturated carbocycles. The van der Waals surface area contributed by atoms with Crippen molar-refractivity contribution in [3.8, 4) is 23.0 Å². The number of methoxy groups -OCH3 is 3. The molecule has 0 atom stereocenters. The lowest BCUT2D eigenvalue weighted by atomic mass is 10.1. The molecule has 0 aliphatic carbocycles. The third-order valence-corrected chi connectivity index (χ3v) is 6.00. The summed E-state index contributed by atoms with van der Waals surface area (Å²) in [5.41, 5.74) is 1.93. The molecular formula is C29H29NO7. The van der Waals surface area contributed by atoms with Gasteiger partial charge in [-0.25, -0.2) is 4.79 Å². The molecule has 192 valence electrons. The fourth-order valence-electron chi connectivity index (χ4n) is 3.96. The number of carbonyl (C=O) groups excluding carboxylic acids is 1. The SMILES string of the molecule is CCn1cc(C(=O)OC)c(=O)c2ccc(OCc3ccc(OC)cc3)c(OCc3ccc(OC)cc3)c21. The Morgan fingerprint density at radius 1 is 0.784 bits per heavy atom. The number of hydrogen-bond acceptors (Lipinski definition) is 7. The van der Waals surface area contributed by atoms with E-state index in [1.807, 2.05) is 55.5 Å². The summed E-state index contributed by atoms with van der Waals surface area (Å²) >= 11 is 0. The summed E-state index contributed by atoms with van der Waals surface area (Å²) in [6.07, 6.45) is 1.50. The molecule has 0 bridgehead atoms. The summed E-state index contributed by atoms with van der Waals surface area (Å²) in [5, 5.41) is 0.339. The Morgan fingerprint density at radius 3 is 1.86 bits per heavy atom. The molecule has 1 aromatic heterocycles. The molecule has 4 aromatic rings. The summed E-state index contributed by atoms with van der Waals surface area (Å²) < 4.78 is 29.6. The molecule has 0 spiro atoms. The molecule has 0 saturated heterocycles. The van der Waals surface area contributed by atoms with Gasteiger partial charge in [0.2, 0.25) is 5.43 Å². The van der Waals surface area contributed by atoms with Crippen molar-refractivity contribution in [1.82, 2.24) is 4.57 Å². The van der Waals surface area contributed by atoms with Crippen molar-refractivity contribution in [2.75, 3.05) is 21.3 Å². The Hall–Kier alpha value is -4.46. The van der Waals surface area contributed by atoms with Gasteiger partial charge in [0.1, 0.15) is 30.3 Å². The first-order valence-electron chi connectivity index (χ1n) is 11.8. The molecule has 0 fully saturated rings. The monoisotopic (exact) mass is 503 g/mol. The summed E-state index contributed by atoms with van der Waals surface area (Å²) in [5.74, 6) is 1.70. The number of carbonyl (C=O) groups is 1. The second-order valence-electron chi connectivity index (χ2n) is 8.21. The lowest BCUT2D eigenvalue weighted by Crippen LogP contribution is -2.20. The van der Waals surface area contributed by atoms with Crippen molar-refractivity contribution < 1.29 is 28.5 Å². The molecule has 4 rings (SSSR count). The summed E-state index contributed by atoms with van der Waals surface area (Å²) in [7, 11) is 4.48. The smallest absolute Gasteiger partial charge is 0.343 e. The zero-order valence-electron chi connectivity index (χ0n) is 21.3. The van der Waals surface area contributed by atoms with Gasteiger partial charge >= 0.3 is 5.97 Å². The van der Waals surface area contributed by atoms with Gasteiger partial charge in [-0.1, -0.05) is 24.3 Å². The Morgan fingerprint density at radius 2 is 1.35 bits per heavy atom. The number of pyridine rings is 1. The Bertz CT molecular complexity index is 1440. The summed E-state index contributed by atoms with van der Waals surface area (Å²) in [6, 6.07) is 18.4. The average molecular weight is 504 g/mol. The quantitative estimate of drug-likeness (QED) is 0.282. The second-order valence-corrected chi connectivity index (χ2v) is 8.21. The molecule has 0 radical (unpaired) electrons. The van der Waals surface area contributed by atoms with Gasteiger partial charge in [-0.3, -0.25) is 4.79 Å². The van der Waals surface area contributed by atoms with Crippen molar-refractivity contribution in [2.45, 2.75) is 26.7 Å². The maximum Gasteiger partial charge on any atom is 0.343 e. The van der Waals surface area contributed by atoms with E-state index in [0.29, 0.717) is 28.9 Å². The highest BCUT2D eigenvalue weighted by Gasteiger charge is 2.21. The van der Waals surface area contributed by atoms with E-state index >= 15 is 0 Å². The van der Waals surface area contributed by atoms with E-state index in [9.17, 15) is 9.59 Å². The molecular weight excluding hydrogens is 474 g/mol. The summed E-state index contributed by atoms with van der Waals surface area (Å²) in [6.45, 7) is 2.92. The van der Waals surface area contributed by atoms with Gasteiger partial charge in [0, 0.05) is 12.7 Å². The minimum Gasteiger partial charge on any atom is -0.497 e. The first kappa shape index (κ1) is 25.6. The lowest BCUT2D eigenvalue weighted by molar-refractivity contribution is 0.0598. The van der Waals surface area contributed by atoms with Crippen LogP contribution in [0, 0.1) is 0 Å². The van der Waals surface area contributed by atoms with E-state index in [2.05, 4.69) is 0 Å². The molecule has 0 unspecified atom stereocenters. The fraction of sp³-hybridized carbons (Fsp3) is 0.241. The van der Waals surface area contributed by atoms with Gasteiger partial charge in [-0.05, 0) is 54.4 Å². The van der Waals surface area contributed by atoms with Crippen LogP contribution in [0.15, 0.2) is 71.7 Å². The third kappa shape index (κ3) is 5.53. The van der Waals surface area contributed by atoms with Crippen LogP contribution >= 0.6 is 0 Å². The van der Waals surface area contributed by atoms with E-state index in [1.165, 1.54) is 13.3 Å². The zero-order chi connectivity index (χ0) is 26.4. The average Bonchev–Trinajstić information content (AvgIpc) is 2.95. The molecule has 37 heavy (non-hydrogen) atoms. The Kier molecular flexibility index (Phi) is 7.98. The molecule has 0 aliphatic heterocycles. The first-order chi connectivity index (χ1) is 18.0. The van der Waals surface area contributed by atoms with Crippen LogP contribution < -0.4 is 24.4 Å². The van der Waals surface area contributed by atoms with Gasteiger partial charge in [-0.2, -0.15) is 0 Å². The van der Waals surface area contributed by atoms with Crippen molar-refractivity contribution in [3.63, 3.8) is 0 Å². The molecule has 8 heteroatoms. The number of fused-ring (bicyclic) bond motifs is 1. The van der Waals surface area contributed by atoms with Gasteiger partial charge in [0.05, 0.1) is 32.2 Å². The standard InChI is InChI=1S/C29H29NO7/c1-5-30-16-24(29(32)35-4)27(31)23-14-15-25(36-17-19-6-10-21(33-2)11-7-19)28(26(23)30)37-18-20-8-12-22(34-3)13-9-20/h6-16H,5,17-18H2,1-4H3. The van der Waals surface area contributed by atoms with Gasteiger partial charge in [-0.15, -0.1) is 0 Å². The largest absolute Gasteiger partial charge is 0.497 e. The van der Waals surface area contributed by atoms with Crippen molar-refractivity contribution >= 4 is 16.9 Å². The number of aryl methyl sites for hydroxylation is 1. The van der Waals surface area contributed by atoms with E-state index in [-0.39, 0.29) is 18.8 Å². The predicted octanol–water partition coefficient (Wildman–Crippen LogP) is 4.98. The molecule has 0 amide bonds. The zero-order valence-corrected chi connectivity index (χ0v) is 21.3. The Labute approximate surface area is 214 Å². The normalized spacial score (nSPS) is 10.7. The maximum absolute atomic E-state index is 13.2. The predicted molar refractivity (Wildman–Crippen MR) is 140 cm³/mol. The maximum atomic E-state index is 13.2. The number of rotatable bonds is 10. The highest BCUT2D eigenvalue weighted by Crippen LogP contribution is 2.36. The first-order valence-corrected chi connectivity index (χ1v) is 11.8. The van der Waals surface area contributed by atoms with E-state index in [0.717, 1.165) is 22.6 Å². The third-order valence-electron chi connectivity index (χ3n) is 6.00. The molecule has 1 heterocycles. The van der Waals surface area contributed by atoms with Crippen LogP contribution in [0.2, 0.25) is 0 Å². The molecule has 3 aromatic carbocycles. The lowest BCUT2D eigenvalue weighted by Gasteiger charge is -2.19.